The van der Waals surface area contributed by atoms with Gasteiger partial charge in [-0.05, 0) is 16.6 Å². The fourth-order valence-corrected chi connectivity index (χ4v) is 9.11. The van der Waals surface area contributed by atoms with Crippen LogP contribution in [0.5, 0.6) is 0 Å². The molecule has 1 unspecified atom stereocenters. The average Bonchev–Trinajstić information content (AvgIpc) is 3.14. The highest BCUT2D eigenvalue weighted by Gasteiger charge is 2.50. The van der Waals surface area contributed by atoms with E-state index in [1.807, 2.05) is 0 Å². The maximum atomic E-state index is 11.0. The molecule has 0 N–H and O–H groups in total. The first-order chi connectivity index (χ1) is 10.2. The minimum Gasteiger partial charge on any atom is -0.446 e. The van der Waals surface area contributed by atoms with Crippen LogP contribution in [-0.2, 0) is 18.7 Å². The first-order valence-corrected chi connectivity index (χ1v) is 10.2. The Bertz CT molecular complexity index is 403. The zero-order valence-corrected chi connectivity index (χ0v) is 15.9. The van der Waals surface area contributed by atoms with Gasteiger partial charge in [0.15, 0.2) is 14.4 Å². The predicted molar refractivity (Wildman–Crippen MR) is 90.0 cm³/mol. The second-order valence-corrected chi connectivity index (χ2v) is 12.4. The van der Waals surface area contributed by atoms with E-state index in [0.717, 1.165) is 0 Å². The maximum Gasteiger partial charge on any atom is 0.303 e. The fourth-order valence-electron chi connectivity index (χ4n) is 3.66. The highest BCUT2D eigenvalue weighted by molar-refractivity contribution is 6.77. The van der Waals surface area contributed by atoms with Crippen molar-refractivity contribution in [1.82, 2.24) is 0 Å². The monoisotopic (exact) mass is 326 g/mol. The minimum absolute atomic E-state index is 0.0662. The lowest BCUT2D eigenvalue weighted by Gasteiger charge is -2.42. The summed E-state index contributed by atoms with van der Waals surface area (Å²) in [5.74, 6) is 2.10. The maximum absolute atomic E-state index is 11.0. The summed E-state index contributed by atoms with van der Waals surface area (Å²) in [7, 11) is -1.90. The molecular formula is C17H30O4Si. The number of hydrogen-bond donors (Lipinski definition) is 0. The van der Waals surface area contributed by atoms with Gasteiger partial charge in [0.05, 0.1) is 6.61 Å². The van der Waals surface area contributed by atoms with Gasteiger partial charge in [-0.15, -0.1) is 6.42 Å². The molecule has 0 aromatic heterocycles. The van der Waals surface area contributed by atoms with Gasteiger partial charge in [-0.3, -0.25) is 4.79 Å². The molecule has 0 aliphatic carbocycles. The van der Waals surface area contributed by atoms with Crippen LogP contribution in [0.4, 0.5) is 0 Å². The van der Waals surface area contributed by atoms with Crippen molar-refractivity contribution in [3.8, 4) is 12.3 Å². The van der Waals surface area contributed by atoms with Crippen molar-refractivity contribution in [2.75, 3.05) is 6.61 Å². The zero-order chi connectivity index (χ0) is 17.1. The summed E-state index contributed by atoms with van der Waals surface area (Å²) in [4.78, 5) is 11.0. The van der Waals surface area contributed by atoms with Crippen LogP contribution in [0.2, 0.25) is 16.6 Å². The van der Waals surface area contributed by atoms with Crippen molar-refractivity contribution < 1.29 is 18.7 Å². The molecule has 0 radical (unpaired) electrons. The lowest BCUT2D eigenvalue weighted by molar-refractivity contribution is -0.144. The molecule has 126 valence electrons. The Morgan fingerprint density at radius 1 is 1.18 bits per heavy atom. The summed E-state index contributed by atoms with van der Waals surface area (Å²) in [6.45, 7) is 15.4. The van der Waals surface area contributed by atoms with E-state index in [-0.39, 0.29) is 18.2 Å². The van der Waals surface area contributed by atoms with Crippen molar-refractivity contribution in [3.05, 3.63) is 0 Å². The van der Waals surface area contributed by atoms with E-state index >= 15 is 0 Å². The van der Waals surface area contributed by atoms with E-state index in [9.17, 15) is 4.79 Å². The molecule has 0 bridgehead atoms. The van der Waals surface area contributed by atoms with E-state index in [1.165, 1.54) is 6.92 Å². The summed E-state index contributed by atoms with van der Waals surface area (Å²) in [6.07, 6.45) is 4.50. The largest absolute Gasteiger partial charge is 0.446 e. The van der Waals surface area contributed by atoms with Gasteiger partial charge in [0.2, 0.25) is 0 Å². The van der Waals surface area contributed by atoms with Crippen LogP contribution in [0.25, 0.3) is 0 Å². The van der Waals surface area contributed by atoms with Crippen molar-refractivity contribution in [2.45, 2.75) is 83.4 Å². The van der Waals surface area contributed by atoms with Crippen LogP contribution < -0.4 is 0 Å². The number of epoxide rings is 1. The first kappa shape index (κ1) is 19.2. The van der Waals surface area contributed by atoms with Crippen LogP contribution in [0.3, 0.4) is 0 Å². The zero-order valence-electron chi connectivity index (χ0n) is 14.9. The minimum atomic E-state index is -1.90. The van der Waals surface area contributed by atoms with Gasteiger partial charge in [0.1, 0.15) is 12.2 Å². The van der Waals surface area contributed by atoms with Crippen LogP contribution in [0.15, 0.2) is 0 Å². The molecule has 1 aliphatic rings. The molecule has 1 aliphatic heterocycles. The van der Waals surface area contributed by atoms with Crippen molar-refractivity contribution >= 4 is 14.3 Å². The Balaban J connectivity index is 2.66. The molecule has 1 rings (SSSR count). The molecule has 1 saturated heterocycles. The Hall–Kier alpha value is -0.833. The van der Waals surface area contributed by atoms with Crippen LogP contribution in [-0.4, -0.2) is 39.2 Å². The highest BCUT2D eigenvalue weighted by Crippen LogP contribution is 2.43. The Morgan fingerprint density at radius 3 is 2.05 bits per heavy atom. The number of terminal acetylenes is 1. The predicted octanol–water partition coefficient (Wildman–Crippen LogP) is 3.51. The quantitative estimate of drug-likeness (QED) is 0.296. The van der Waals surface area contributed by atoms with E-state index in [2.05, 4.69) is 47.5 Å². The smallest absolute Gasteiger partial charge is 0.303 e. The van der Waals surface area contributed by atoms with E-state index < -0.39 is 14.4 Å². The van der Waals surface area contributed by atoms with Gasteiger partial charge in [-0.25, -0.2) is 0 Å². The topological polar surface area (TPSA) is 48.1 Å². The molecule has 0 amide bonds. The molecule has 4 nitrogen and oxygen atoms in total. The average molecular weight is 327 g/mol. The molecule has 1 fully saturated rings. The number of carbonyl (C=O) groups excluding carboxylic acids is 1. The highest BCUT2D eigenvalue weighted by atomic mass is 28.4. The van der Waals surface area contributed by atoms with Crippen LogP contribution >= 0.6 is 0 Å². The van der Waals surface area contributed by atoms with Crippen LogP contribution in [0.1, 0.15) is 48.5 Å². The van der Waals surface area contributed by atoms with Gasteiger partial charge < -0.3 is 13.9 Å². The number of ether oxygens (including phenoxy) is 2. The molecule has 0 spiro atoms. The molecule has 0 aromatic rings. The SMILES string of the molecule is C#C[C@@H](OC(C)=O)C1O[C@H]1CO[Si](C(C)C)(C(C)C)C(C)C. The standard InChI is InChI=1S/C17H30O4Si/c1-9-15(20-14(8)18)17-16(21-17)10-19-22(11(2)3,12(4)5)13(6)7/h1,11-13,15-17H,10H2,2-8H3/t15-,16+,17?/m1/s1. The van der Waals surface area contributed by atoms with E-state index in [1.54, 1.807) is 0 Å². The Kier molecular flexibility index (Phi) is 6.66. The Labute approximate surface area is 136 Å². The number of rotatable bonds is 8. The molecule has 22 heavy (non-hydrogen) atoms. The van der Waals surface area contributed by atoms with Crippen LogP contribution in [0, 0.1) is 12.3 Å². The Morgan fingerprint density at radius 2 is 1.68 bits per heavy atom. The van der Waals surface area contributed by atoms with E-state index in [0.29, 0.717) is 23.2 Å². The lowest BCUT2D eigenvalue weighted by Crippen LogP contribution is -2.48. The molecular weight excluding hydrogens is 296 g/mol. The van der Waals surface area contributed by atoms with Gasteiger partial charge >= 0.3 is 5.97 Å². The summed E-state index contributed by atoms with van der Waals surface area (Å²) in [5, 5.41) is 0. The summed E-state index contributed by atoms with van der Waals surface area (Å²) < 4.78 is 17.1. The summed E-state index contributed by atoms with van der Waals surface area (Å²) >= 11 is 0. The summed E-state index contributed by atoms with van der Waals surface area (Å²) in [5.41, 5.74) is 1.59. The normalized spacial score (nSPS) is 22.8. The number of esters is 1. The van der Waals surface area contributed by atoms with Gasteiger partial charge in [0.25, 0.3) is 0 Å². The summed E-state index contributed by atoms with van der Waals surface area (Å²) in [6, 6.07) is 0. The molecule has 0 saturated carbocycles. The molecule has 3 atom stereocenters. The molecule has 5 heteroatoms. The van der Waals surface area contributed by atoms with Crippen molar-refractivity contribution in [1.29, 1.82) is 0 Å². The number of hydrogen-bond acceptors (Lipinski definition) is 4. The second-order valence-electron chi connectivity index (χ2n) is 6.96. The third-order valence-electron chi connectivity index (χ3n) is 4.58. The van der Waals surface area contributed by atoms with Gasteiger partial charge in [0, 0.05) is 6.92 Å². The van der Waals surface area contributed by atoms with Crippen molar-refractivity contribution in [2.24, 2.45) is 0 Å². The fraction of sp³-hybridized carbons (Fsp3) is 0.824. The van der Waals surface area contributed by atoms with Gasteiger partial charge in [-0.2, -0.15) is 0 Å². The molecule has 1 heterocycles. The first-order valence-electron chi connectivity index (χ1n) is 8.09. The lowest BCUT2D eigenvalue weighted by atomic mass is 10.2. The third-order valence-corrected chi connectivity index (χ3v) is 10.7. The third kappa shape index (κ3) is 4.12. The van der Waals surface area contributed by atoms with E-state index in [4.69, 9.17) is 20.3 Å². The number of carbonyl (C=O) groups is 1. The van der Waals surface area contributed by atoms with Crippen molar-refractivity contribution in [3.63, 3.8) is 0 Å². The second kappa shape index (κ2) is 7.63. The van der Waals surface area contributed by atoms with Gasteiger partial charge in [-0.1, -0.05) is 47.5 Å². The molecule has 0 aromatic carbocycles.